The summed E-state index contributed by atoms with van der Waals surface area (Å²) >= 11 is 3.44. The highest BCUT2D eigenvalue weighted by atomic mass is 79.9. The van der Waals surface area contributed by atoms with Gasteiger partial charge in [0.25, 0.3) is 0 Å². The van der Waals surface area contributed by atoms with E-state index in [0.717, 1.165) is 17.5 Å². The fourth-order valence-corrected chi connectivity index (χ4v) is 2.16. The number of hydrogen-bond acceptors (Lipinski definition) is 2. The van der Waals surface area contributed by atoms with Crippen molar-refractivity contribution in [1.82, 2.24) is 0 Å². The molecule has 1 atom stereocenters. The summed E-state index contributed by atoms with van der Waals surface area (Å²) in [7, 11) is 0. The number of benzene rings is 1. The Labute approximate surface area is 98.7 Å². The van der Waals surface area contributed by atoms with Gasteiger partial charge in [-0.15, -0.1) is 0 Å². The summed E-state index contributed by atoms with van der Waals surface area (Å²) in [4.78, 5) is 0. The van der Waals surface area contributed by atoms with Crippen molar-refractivity contribution < 1.29 is 9.47 Å². The zero-order valence-corrected chi connectivity index (χ0v) is 10.2. The summed E-state index contributed by atoms with van der Waals surface area (Å²) < 4.78 is 12.2. The minimum atomic E-state index is 0.317. The Morgan fingerprint density at radius 1 is 1.47 bits per heavy atom. The largest absolute Gasteiger partial charge is 0.376 e. The predicted octanol–water partition coefficient (Wildman–Crippen LogP) is 3.14. The summed E-state index contributed by atoms with van der Waals surface area (Å²) in [5.74, 6) is 0. The number of ether oxygens (including phenoxy) is 2. The molecule has 1 aliphatic heterocycles. The fraction of sp³-hybridized carbons (Fsp3) is 0.500. The molecule has 3 heteroatoms. The van der Waals surface area contributed by atoms with Crippen molar-refractivity contribution >= 4 is 15.9 Å². The summed E-state index contributed by atoms with van der Waals surface area (Å²) in [5.41, 5.74) is 1.20. The molecule has 0 spiro atoms. The molecule has 1 heterocycles. The Hall–Kier alpha value is -0.380. The van der Waals surface area contributed by atoms with Crippen LogP contribution in [0.1, 0.15) is 18.4 Å². The average Bonchev–Trinajstić information content (AvgIpc) is 2.71. The zero-order valence-electron chi connectivity index (χ0n) is 8.62. The minimum Gasteiger partial charge on any atom is -0.376 e. The molecule has 1 aromatic rings. The maximum atomic E-state index is 5.61. The number of hydrogen-bond donors (Lipinski definition) is 0. The van der Waals surface area contributed by atoms with Crippen molar-refractivity contribution in [3.63, 3.8) is 0 Å². The Kier molecular flexibility index (Phi) is 4.18. The van der Waals surface area contributed by atoms with Crippen LogP contribution in [0.15, 0.2) is 28.7 Å². The zero-order chi connectivity index (χ0) is 10.5. The van der Waals surface area contributed by atoms with E-state index in [9.17, 15) is 0 Å². The molecular weight excluding hydrogens is 256 g/mol. The molecule has 0 N–H and O–H groups in total. The van der Waals surface area contributed by atoms with Gasteiger partial charge in [0.1, 0.15) is 0 Å². The molecule has 0 saturated carbocycles. The quantitative estimate of drug-likeness (QED) is 0.837. The van der Waals surface area contributed by atoms with Gasteiger partial charge >= 0.3 is 0 Å². The monoisotopic (exact) mass is 270 g/mol. The molecule has 15 heavy (non-hydrogen) atoms. The van der Waals surface area contributed by atoms with E-state index in [1.54, 1.807) is 0 Å². The van der Waals surface area contributed by atoms with Crippen LogP contribution in [0.2, 0.25) is 0 Å². The van der Waals surface area contributed by atoms with E-state index in [2.05, 4.69) is 28.1 Å². The smallest absolute Gasteiger partial charge is 0.0809 e. The third-order valence-electron chi connectivity index (χ3n) is 2.49. The van der Waals surface area contributed by atoms with Gasteiger partial charge in [0.05, 0.1) is 19.3 Å². The summed E-state index contributed by atoms with van der Waals surface area (Å²) in [6.45, 7) is 2.27. The molecule has 2 nitrogen and oxygen atoms in total. The first-order valence-electron chi connectivity index (χ1n) is 5.28. The van der Waals surface area contributed by atoms with Gasteiger partial charge in [0.2, 0.25) is 0 Å². The van der Waals surface area contributed by atoms with Gasteiger partial charge in [-0.05, 0) is 30.5 Å². The minimum absolute atomic E-state index is 0.317. The van der Waals surface area contributed by atoms with Crippen molar-refractivity contribution in [1.29, 1.82) is 0 Å². The maximum Gasteiger partial charge on any atom is 0.0809 e. The van der Waals surface area contributed by atoms with Gasteiger partial charge in [0.15, 0.2) is 0 Å². The highest BCUT2D eigenvalue weighted by Crippen LogP contribution is 2.15. The first-order valence-corrected chi connectivity index (χ1v) is 6.08. The SMILES string of the molecule is Brc1cccc(COC[C@@H]2CCCO2)c1. The molecule has 0 radical (unpaired) electrons. The van der Waals surface area contributed by atoms with E-state index in [1.165, 1.54) is 12.0 Å². The van der Waals surface area contributed by atoms with Crippen LogP contribution >= 0.6 is 15.9 Å². The van der Waals surface area contributed by atoms with Gasteiger partial charge in [-0.2, -0.15) is 0 Å². The van der Waals surface area contributed by atoms with Crippen LogP contribution in [0.4, 0.5) is 0 Å². The predicted molar refractivity (Wildman–Crippen MR) is 62.8 cm³/mol. The van der Waals surface area contributed by atoms with Crippen molar-refractivity contribution in [3.05, 3.63) is 34.3 Å². The Balaban J connectivity index is 1.73. The van der Waals surface area contributed by atoms with Crippen LogP contribution in [0.3, 0.4) is 0 Å². The maximum absolute atomic E-state index is 5.61. The van der Waals surface area contributed by atoms with E-state index in [-0.39, 0.29) is 0 Å². The average molecular weight is 271 g/mol. The lowest BCUT2D eigenvalue weighted by atomic mass is 10.2. The molecule has 0 aliphatic carbocycles. The molecule has 1 aliphatic rings. The van der Waals surface area contributed by atoms with Gasteiger partial charge in [-0.25, -0.2) is 0 Å². The Morgan fingerprint density at radius 2 is 2.40 bits per heavy atom. The molecule has 0 unspecified atom stereocenters. The van der Waals surface area contributed by atoms with Gasteiger partial charge in [0, 0.05) is 11.1 Å². The van der Waals surface area contributed by atoms with Gasteiger partial charge in [-0.1, -0.05) is 28.1 Å². The molecule has 1 aromatic carbocycles. The van der Waals surface area contributed by atoms with E-state index in [4.69, 9.17) is 9.47 Å². The number of halogens is 1. The Morgan fingerprint density at radius 3 is 3.13 bits per heavy atom. The van der Waals surface area contributed by atoms with Gasteiger partial charge < -0.3 is 9.47 Å². The normalized spacial score (nSPS) is 20.7. The molecular formula is C12H15BrO2. The Bertz CT molecular complexity index is 308. The third kappa shape index (κ3) is 3.59. The van der Waals surface area contributed by atoms with Crippen molar-refractivity contribution in [2.45, 2.75) is 25.6 Å². The van der Waals surface area contributed by atoms with E-state index < -0.39 is 0 Å². The summed E-state index contributed by atoms with van der Waals surface area (Å²) in [6.07, 6.45) is 2.63. The van der Waals surface area contributed by atoms with E-state index >= 15 is 0 Å². The highest BCUT2D eigenvalue weighted by Gasteiger charge is 2.14. The van der Waals surface area contributed by atoms with E-state index in [0.29, 0.717) is 19.3 Å². The van der Waals surface area contributed by atoms with Crippen molar-refractivity contribution in [2.75, 3.05) is 13.2 Å². The van der Waals surface area contributed by atoms with Crippen LogP contribution < -0.4 is 0 Å². The summed E-state index contributed by atoms with van der Waals surface area (Å²) in [5, 5.41) is 0. The molecule has 1 fully saturated rings. The lowest BCUT2D eigenvalue weighted by molar-refractivity contribution is 0.0106. The lowest BCUT2D eigenvalue weighted by Gasteiger charge is -2.10. The van der Waals surface area contributed by atoms with E-state index in [1.807, 2.05) is 12.1 Å². The molecule has 2 rings (SSSR count). The molecule has 0 amide bonds. The molecule has 82 valence electrons. The van der Waals surface area contributed by atoms with Crippen LogP contribution in [0.25, 0.3) is 0 Å². The second-order valence-electron chi connectivity index (χ2n) is 3.78. The van der Waals surface area contributed by atoms with Crippen LogP contribution in [0.5, 0.6) is 0 Å². The second-order valence-corrected chi connectivity index (χ2v) is 4.70. The van der Waals surface area contributed by atoms with Crippen LogP contribution in [0, 0.1) is 0 Å². The highest BCUT2D eigenvalue weighted by molar-refractivity contribution is 9.10. The van der Waals surface area contributed by atoms with Gasteiger partial charge in [-0.3, -0.25) is 0 Å². The summed E-state index contributed by atoms with van der Waals surface area (Å²) in [6, 6.07) is 8.19. The lowest BCUT2D eigenvalue weighted by Crippen LogP contribution is -2.13. The topological polar surface area (TPSA) is 18.5 Å². The first-order chi connectivity index (χ1) is 7.34. The van der Waals surface area contributed by atoms with Crippen LogP contribution in [-0.2, 0) is 16.1 Å². The van der Waals surface area contributed by atoms with Crippen LogP contribution in [-0.4, -0.2) is 19.3 Å². The third-order valence-corrected chi connectivity index (χ3v) is 2.98. The second kappa shape index (κ2) is 5.64. The first kappa shape index (κ1) is 11.1. The fourth-order valence-electron chi connectivity index (χ4n) is 1.71. The molecule has 1 saturated heterocycles. The van der Waals surface area contributed by atoms with Crippen molar-refractivity contribution in [2.24, 2.45) is 0 Å². The van der Waals surface area contributed by atoms with Crippen molar-refractivity contribution in [3.8, 4) is 0 Å². The standard InChI is InChI=1S/C12H15BrO2/c13-11-4-1-3-10(7-11)8-14-9-12-5-2-6-15-12/h1,3-4,7,12H,2,5-6,8-9H2/t12-/m0/s1. The number of rotatable bonds is 4. The molecule has 0 aromatic heterocycles. The molecule has 0 bridgehead atoms.